The molecule has 0 unspecified atom stereocenters. The van der Waals surface area contributed by atoms with Crippen LogP contribution in [0.2, 0.25) is 0 Å². The molecular formula is C24H22O4. The monoisotopic (exact) mass is 374 g/mol. The van der Waals surface area contributed by atoms with Gasteiger partial charge >= 0.3 is 5.97 Å². The van der Waals surface area contributed by atoms with Crippen molar-refractivity contribution in [2.45, 2.75) is 20.3 Å². The van der Waals surface area contributed by atoms with Crippen LogP contribution >= 0.6 is 0 Å². The van der Waals surface area contributed by atoms with Gasteiger partial charge in [0.1, 0.15) is 11.5 Å². The predicted octanol–water partition coefficient (Wildman–Crippen LogP) is 4.77. The Labute approximate surface area is 164 Å². The molecule has 28 heavy (non-hydrogen) atoms. The van der Waals surface area contributed by atoms with Crippen LogP contribution in [0.3, 0.4) is 0 Å². The molecule has 0 aliphatic carbocycles. The molecule has 0 aromatic heterocycles. The predicted molar refractivity (Wildman–Crippen MR) is 108 cm³/mol. The van der Waals surface area contributed by atoms with Gasteiger partial charge in [0.05, 0.1) is 0 Å². The van der Waals surface area contributed by atoms with Crippen LogP contribution < -0.4 is 9.47 Å². The van der Waals surface area contributed by atoms with Gasteiger partial charge < -0.3 is 9.47 Å². The lowest BCUT2D eigenvalue weighted by Gasteiger charge is -2.08. The molecule has 0 saturated heterocycles. The normalized spacial score (nSPS) is 10.4. The first-order chi connectivity index (χ1) is 13.5. The highest BCUT2D eigenvalue weighted by atomic mass is 16.6. The summed E-state index contributed by atoms with van der Waals surface area (Å²) in [5.41, 5.74) is 3.46. The zero-order valence-corrected chi connectivity index (χ0v) is 16.0. The fraction of sp³-hybridized carbons (Fsp3) is 0.167. The van der Waals surface area contributed by atoms with E-state index in [1.54, 1.807) is 36.4 Å². The van der Waals surface area contributed by atoms with Crippen LogP contribution in [0.4, 0.5) is 0 Å². The maximum Gasteiger partial charge on any atom is 0.349 e. The van der Waals surface area contributed by atoms with Crippen molar-refractivity contribution < 1.29 is 19.1 Å². The minimum Gasteiger partial charge on any atom is -0.482 e. The Morgan fingerprint density at radius 3 is 1.86 bits per heavy atom. The van der Waals surface area contributed by atoms with Crippen LogP contribution in [0.5, 0.6) is 11.5 Å². The van der Waals surface area contributed by atoms with Crippen molar-refractivity contribution in [2.75, 3.05) is 6.61 Å². The number of aryl methyl sites for hydroxylation is 2. The van der Waals surface area contributed by atoms with E-state index in [1.807, 2.05) is 43.3 Å². The Morgan fingerprint density at radius 1 is 0.750 bits per heavy atom. The summed E-state index contributed by atoms with van der Waals surface area (Å²) in [5, 5.41) is 0. The SMILES string of the molecule is CCc1ccc(OCC(=O)Oc2ccc(C(=O)c3ccc(C)cc3)cc2)cc1. The summed E-state index contributed by atoms with van der Waals surface area (Å²) in [6.07, 6.45) is 0.949. The molecular weight excluding hydrogens is 352 g/mol. The van der Waals surface area contributed by atoms with Gasteiger partial charge in [-0.2, -0.15) is 0 Å². The van der Waals surface area contributed by atoms with Crippen molar-refractivity contribution in [1.82, 2.24) is 0 Å². The number of benzene rings is 3. The highest BCUT2D eigenvalue weighted by Gasteiger charge is 2.11. The lowest BCUT2D eigenvalue weighted by molar-refractivity contribution is -0.136. The van der Waals surface area contributed by atoms with Crippen molar-refractivity contribution in [2.24, 2.45) is 0 Å². The second kappa shape index (κ2) is 9.00. The number of hydrogen-bond acceptors (Lipinski definition) is 4. The number of carbonyl (C=O) groups is 2. The van der Waals surface area contributed by atoms with E-state index in [1.165, 1.54) is 5.56 Å². The molecule has 3 aromatic rings. The van der Waals surface area contributed by atoms with Gasteiger partial charge in [0, 0.05) is 11.1 Å². The fourth-order valence-electron chi connectivity index (χ4n) is 2.67. The molecule has 3 aromatic carbocycles. The summed E-state index contributed by atoms with van der Waals surface area (Å²) in [5.74, 6) is 0.414. The average Bonchev–Trinajstić information content (AvgIpc) is 2.73. The molecule has 0 aliphatic rings. The molecule has 4 nitrogen and oxygen atoms in total. The van der Waals surface area contributed by atoms with Crippen LogP contribution in [0, 0.1) is 6.92 Å². The summed E-state index contributed by atoms with van der Waals surface area (Å²) in [7, 11) is 0. The smallest absolute Gasteiger partial charge is 0.349 e. The number of hydrogen-bond donors (Lipinski definition) is 0. The van der Waals surface area contributed by atoms with Crippen molar-refractivity contribution >= 4 is 11.8 Å². The standard InChI is InChI=1S/C24H22O4/c1-3-18-6-12-21(13-7-18)27-16-23(25)28-22-14-10-20(11-15-22)24(26)19-8-4-17(2)5-9-19/h4-15H,3,16H2,1-2H3. The van der Waals surface area contributed by atoms with Gasteiger partial charge in [0.25, 0.3) is 0 Å². The first kappa shape index (κ1) is 19.4. The highest BCUT2D eigenvalue weighted by molar-refractivity contribution is 6.09. The van der Waals surface area contributed by atoms with Crippen LogP contribution in [0.1, 0.15) is 34.0 Å². The van der Waals surface area contributed by atoms with Gasteiger partial charge in [-0.15, -0.1) is 0 Å². The molecule has 0 fully saturated rings. The van der Waals surface area contributed by atoms with Crippen LogP contribution in [0.15, 0.2) is 72.8 Å². The van der Waals surface area contributed by atoms with Crippen molar-refractivity contribution in [3.8, 4) is 11.5 Å². The average molecular weight is 374 g/mol. The van der Waals surface area contributed by atoms with Crippen molar-refractivity contribution in [3.05, 3.63) is 95.1 Å². The first-order valence-corrected chi connectivity index (χ1v) is 9.19. The maximum atomic E-state index is 12.5. The summed E-state index contributed by atoms with van der Waals surface area (Å²) in [6, 6.07) is 21.5. The molecule has 0 bridgehead atoms. The molecule has 3 rings (SSSR count). The van der Waals surface area contributed by atoms with E-state index in [0.29, 0.717) is 22.6 Å². The van der Waals surface area contributed by atoms with Crippen molar-refractivity contribution in [3.63, 3.8) is 0 Å². The molecule has 0 aliphatic heterocycles. The second-order valence-corrected chi connectivity index (χ2v) is 6.48. The van der Waals surface area contributed by atoms with Gasteiger partial charge in [-0.3, -0.25) is 4.79 Å². The Balaban J connectivity index is 1.55. The molecule has 0 spiro atoms. The number of rotatable bonds is 7. The first-order valence-electron chi connectivity index (χ1n) is 9.19. The van der Waals surface area contributed by atoms with Gasteiger partial charge in [-0.1, -0.05) is 48.9 Å². The molecule has 0 atom stereocenters. The Kier molecular flexibility index (Phi) is 6.22. The van der Waals surface area contributed by atoms with Crippen LogP contribution in [-0.2, 0) is 11.2 Å². The molecule has 0 amide bonds. The molecule has 4 heteroatoms. The minimum atomic E-state index is -0.503. The fourth-order valence-corrected chi connectivity index (χ4v) is 2.67. The summed E-state index contributed by atoms with van der Waals surface area (Å²) >= 11 is 0. The van der Waals surface area contributed by atoms with Gasteiger partial charge in [-0.25, -0.2) is 4.79 Å². The molecule has 0 radical (unpaired) electrons. The Bertz CT molecular complexity index is 939. The van der Waals surface area contributed by atoms with E-state index < -0.39 is 5.97 Å². The lowest BCUT2D eigenvalue weighted by atomic mass is 10.0. The van der Waals surface area contributed by atoms with Crippen LogP contribution in [0.25, 0.3) is 0 Å². The summed E-state index contributed by atoms with van der Waals surface area (Å²) < 4.78 is 10.7. The van der Waals surface area contributed by atoms with Crippen LogP contribution in [-0.4, -0.2) is 18.4 Å². The number of esters is 1. The van der Waals surface area contributed by atoms with Gasteiger partial charge in [-0.05, 0) is 55.3 Å². The van der Waals surface area contributed by atoms with Crippen molar-refractivity contribution in [1.29, 1.82) is 0 Å². The number of ketones is 1. The molecule has 142 valence electrons. The second-order valence-electron chi connectivity index (χ2n) is 6.48. The van der Waals surface area contributed by atoms with Gasteiger partial charge in [0.15, 0.2) is 12.4 Å². The Hall–Kier alpha value is -3.40. The largest absolute Gasteiger partial charge is 0.482 e. The zero-order chi connectivity index (χ0) is 19.9. The lowest BCUT2D eigenvalue weighted by Crippen LogP contribution is -2.17. The Morgan fingerprint density at radius 2 is 1.29 bits per heavy atom. The number of ether oxygens (including phenoxy) is 2. The number of carbonyl (C=O) groups excluding carboxylic acids is 2. The van der Waals surface area contributed by atoms with E-state index in [2.05, 4.69) is 6.92 Å². The van der Waals surface area contributed by atoms with E-state index >= 15 is 0 Å². The zero-order valence-electron chi connectivity index (χ0n) is 16.0. The van der Waals surface area contributed by atoms with E-state index in [9.17, 15) is 9.59 Å². The quantitative estimate of drug-likeness (QED) is 0.339. The highest BCUT2D eigenvalue weighted by Crippen LogP contribution is 2.17. The topological polar surface area (TPSA) is 52.6 Å². The third-order valence-electron chi connectivity index (χ3n) is 4.35. The third-order valence-corrected chi connectivity index (χ3v) is 4.35. The molecule has 0 heterocycles. The summed E-state index contributed by atoms with van der Waals surface area (Å²) in [4.78, 5) is 24.4. The maximum absolute atomic E-state index is 12.5. The van der Waals surface area contributed by atoms with Gasteiger partial charge in [0.2, 0.25) is 0 Å². The molecule has 0 N–H and O–H groups in total. The molecule has 0 saturated carbocycles. The third kappa shape index (κ3) is 5.07. The summed E-state index contributed by atoms with van der Waals surface area (Å²) in [6.45, 7) is 3.86. The minimum absolute atomic E-state index is 0.0725. The van der Waals surface area contributed by atoms with E-state index in [0.717, 1.165) is 12.0 Å². The van der Waals surface area contributed by atoms with E-state index in [4.69, 9.17) is 9.47 Å². The van der Waals surface area contributed by atoms with E-state index in [-0.39, 0.29) is 12.4 Å².